The maximum atomic E-state index is 2.46. The minimum absolute atomic E-state index is 1.08. The van der Waals surface area contributed by atoms with Crippen LogP contribution in [0.25, 0.3) is 0 Å². The van der Waals surface area contributed by atoms with E-state index >= 15 is 0 Å². The van der Waals surface area contributed by atoms with Crippen LogP contribution in [-0.2, 0) is 0 Å². The molecule has 1 aliphatic heterocycles. The Bertz CT molecular complexity index is 124. The normalized spacial score (nSPS) is 28.0. The van der Waals surface area contributed by atoms with Crippen LogP contribution < -0.4 is 10.2 Å². The maximum absolute atomic E-state index is 2.46. The SMILES string of the molecule is C1CCC(C[NH+]2CC[NH2+]CC2)C1. The Morgan fingerprint density at radius 3 is 2.42 bits per heavy atom. The Balaban J connectivity index is 1.69. The summed E-state index contributed by atoms with van der Waals surface area (Å²) in [5.41, 5.74) is 0. The first-order chi connectivity index (χ1) is 5.95. The van der Waals surface area contributed by atoms with E-state index in [1.165, 1.54) is 58.4 Å². The van der Waals surface area contributed by atoms with Crippen LogP contribution in [0.15, 0.2) is 0 Å². The lowest BCUT2D eigenvalue weighted by Crippen LogP contribution is -3.20. The largest absolute Gasteiger partial charge is 0.337 e. The number of rotatable bonds is 2. The van der Waals surface area contributed by atoms with Gasteiger partial charge in [-0.3, -0.25) is 0 Å². The Morgan fingerprint density at radius 2 is 1.75 bits per heavy atom. The molecule has 2 aliphatic rings. The molecule has 2 heteroatoms. The molecule has 1 saturated heterocycles. The van der Waals surface area contributed by atoms with E-state index in [0.717, 1.165) is 5.92 Å². The molecule has 1 saturated carbocycles. The highest BCUT2D eigenvalue weighted by atomic mass is 15.2. The van der Waals surface area contributed by atoms with E-state index in [2.05, 4.69) is 5.32 Å². The molecular weight excluding hydrogens is 148 g/mol. The van der Waals surface area contributed by atoms with Gasteiger partial charge >= 0.3 is 0 Å². The van der Waals surface area contributed by atoms with Gasteiger partial charge in [0.2, 0.25) is 0 Å². The van der Waals surface area contributed by atoms with Crippen LogP contribution in [0.1, 0.15) is 25.7 Å². The third kappa shape index (κ3) is 2.20. The first kappa shape index (κ1) is 8.52. The van der Waals surface area contributed by atoms with Crippen LogP contribution in [0, 0.1) is 5.92 Å². The van der Waals surface area contributed by atoms with Crippen molar-refractivity contribution in [3.05, 3.63) is 0 Å². The quantitative estimate of drug-likeness (QED) is 0.511. The van der Waals surface area contributed by atoms with E-state index in [9.17, 15) is 0 Å². The van der Waals surface area contributed by atoms with Crippen LogP contribution >= 0.6 is 0 Å². The molecule has 0 amide bonds. The molecule has 0 aromatic heterocycles. The lowest BCUT2D eigenvalue weighted by atomic mass is 10.1. The monoisotopic (exact) mass is 170 g/mol. The van der Waals surface area contributed by atoms with Gasteiger partial charge in [0.1, 0.15) is 26.2 Å². The zero-order chi connectivity index (χ0) is 8.23. The molecule has 0 bridgehead atoms. The first-order valence-electron chi connectivity index (χ1n) is 5.60. The van der Waals surface area contributed by atoms with Crippen LogP contribution in [0.2, 0.25) is 0 Å². The van der Waals surface area contributed by atoms with Gasteiger partial charge in [-0.2, -0.15) is 0 Å². The van der Waals surface area contributed by atoms with Gasteiger partial charge in [-0.1, -0.05) is 12.8 Å². The Morgan fingerprint density at radius 1 is 1.08 bits per heavy atom. The van der Waals surface area contributed by atoms with Gasteiger partial charge in [0, 0.05) is 5.92 Å². The Kier molecular flexibility index (Phi) is 3.01. The van der Waals surface area contributed by atoms with Crippen molar-refractivity contribution in [3.8, 4) is 0 Å². The Hall–Kier alpha value is -0.0800. The van der Waals surface area contributed by atoms with Gasteiger partial charge in [0.05, 0.1) is 6.54 Å². The second kappa shape index (κ2) is 4.24. The molecule has 0 aromatic rings. The minimum atomic E-state index is 1.08. The molecule has 70 valence electrons. The van der Waals surface area contributed by atoms with Crippen molar-refractivity contribution in [2.45, 2.75) is 25.7 Å². The number of hydrogen-bond acceptors (Lipinski definition) is 0. The molecule has 0 radical (unpaired) electrons. The van der Waals surface area contributed by atoms with Crippen LogP contribution in [0.4, 0.5) is 0 Å². The van der Waals surface area contributed by atoms with Crippen molar-refractivity contribution < 1.29 is 10.2 Å². The summed E-state index contributed by atoms with van der Waals surface area (Å²) >= 11 is 0. The lowest BCUT2D eigenvalue weighted by Gasteiger charge is -2.24. The van der Waals surface area contributed by atoms with Crippen molar-refractivity contribution in [3.63, 3.8) is 0 Å². The fourth-order valence-electron chi connectivity index (χ4n) is 2.71. The van der Waals surface area contributed by atoms with Gasteiger partial charge in [0.15, 0.2) is 0 Å². The zero-order valence-electron chi connectivity index (χ0n) is 8.02. The Labute approximate surface area is 75.3 Å². The highest BCUT2D eigenvalue weighted by molar-refractivity contribution is 4.65. The molecule has 2 nitrogen and oxygen atoms in total. The minimum Gasteiger partial charge on any atom is -0.337 e. The van der Waals surface area contributed by atoms with Crippen molar-refractivity contribution in [1.29, 1.82) is 0 Å². The van der Waals surface area contributed by atoms with Gasteiger partial charge in [-0.05, 0) is 12.8 Å². The fourth-order valence-corrected chi connectivity index (χ4v) is 2.71. The number of nitrogens with one attached hydrogen (secondary N) is 1. The topological polar surface area (TPSA) is 21.1 Å². The predicted octanol–water partition coefficient (Wildman–Crippen LogP) is -1.36. The van der Waals surface area contributed by atoms with Crippen molar-refractivity contribution >= 4 is 0 Å². The average molecular weight is 170 g/mol. The van der Waals surface area contributed by atoms with E-state index in [0.29, 0.717) is 0 Å². The molecule has 0 atom stereocenters. The summed E-state index contributed by atoms with van der Waals surface area (Å²) in [4.78, 5) is 1.88. The summed E-state index contributed by atoms with van der Waals surface area (Å²) in [5, 5.41) is 2.46. The van der Waals surface area contributed by atoms with Crippen molar-refractivity contribution in [1.82, 2.24) is 0 Å². The molecule has 1 aliphatic carbocycles. The zero-order valence-corrected chi connectivity index (χ0v) is 8.02. The molecular formula is C10H22N2+2. The fraction of sp³-hybridized carbons (Fsp3) is 1.00. The van der Waals surface area contributed by atoms with Gasteiger partial charge in [-0.25, -0.2) is 0 Å². The number of quaternary nitrogens is 2. The molecule has 1 heterocycles. The number of hydrogen-bond donors (Lipinski definition) is 2. The molecule has 0 aromatic carbocycles. The summed E-state index contributed by atoms with van der Waals surface area (Å²) in [5.74, 6) is 1.08. The van der Waals surface area contributed by atoms with E-state index in [1.807, 2.05) is 4.90 Å². The second-order valence-electron chi connectivity index (χ2n) is 4.47. The molecule has 3 N–H and O–H groups in total. The number of piperazine rings is 1. The highest BCUT2D eigenvalue weighted by Crippen LogP contribution is 2.22. The summed E-state index contributed by atoms with van der Waals surface area (Å²) < 4.78 is 0. The molecule has 2 rings (SSSR count). The highest BCUT2D eigenvalue weighted by Gasteiger charge is 2.23. The third-order valence-corrected chi connectivity index (χ3v) is 3.46. The summed E-state index contributed by atoms with van der Waals surface area (Å²) in [7, 11) is 0. The molecule has 0 spiro atoms. The first-order valence-corrected chi connectivity index (χ1v) is 5.60. The predicted molar refractivity (Wildman–Crippen MR) is 49.2 cm³/mol. The van der Waals surface area contributed by atoms with E-state index in [1.54, 1.807) is 0 Å². The maximum Gasteiger partial charge on any atom is 0.127 e. The molecule has 2 fully saturated rings. The van der Waals surface area contributed by atoms with Crippen LogP contribution in [0.5, 0.6) is 0 Å². The van der Waals surface area contributed by atoms with Gasteiger partial charge in [-0.15, -0.1) is 0 Å². The lowest BCUT2D eigenvalue weighted by molar-refractivity contribution is -0.949. The third-order valence-electron chi connectivity index (χ3n) is 3.46. The van der Waals surface area contributed by atoms with Crippen LogP contribution in [-0.4, -0.2) is 32.7 Å². The smallest absolute Gasteiger partial charge is 0.127 e. The summed E-state index contributed by atoms with van der Waals surface area (Å²) in [6.45, 7) is 7.03. The van der Waals surface area contributed by atoms with Crippen molar-refractivity contribution in [2.75, 3.05) is 32.7 Å². The average Bonchev–Trinajstić information content (AvgIpc) is 2.59. The summed E-state index contributed by atoms with van der Waals surface area (Å²) in [6, 6.07) is 0. The van der Waals surface area contributed by atoms with Gasteiger partial charge in [0.25, 0.3) is 0 Å². The van der Waals surface area contributed by atoms with E-state index in [4.69, 9.17) is 0 Å². The second-order valence-corrected chi connectivity index (χ2v) is 4.47. The molecule has 12 heavy (non-hydrogen) atoms. The van der Waals surface area contributed by atoms with Gasteiger partial charge < -0.3 is 10.2 Å². The van der Waals surface area contributed by atoms with Crippen LogP contribution in [0.3, 0.4) is 0 Å². The standard InChI is InChI=1S/C10H20N2/c1-2-4-10(3-1)9-12-7-5-11-6-8-12/h10-11H,1-9H2/p+2. The van der Waals surface area contributed by atoms with E-state index in [-0.39, 0.29) is 0 Å². The molecule has 0 unspecified atom stereocenters. The number of nitrogens with two attached hydrogens (primary N) is 1. The summed E-state index contributed by atoms with van der Waals surface area (Å²) in [6.07, 6.45) is 6.05. The van der Waals surface area contributed by atoms with E-state index < -0.39 is 0 Å². The van der Waals surface area contributed by atoms with Crippen molar-refractivity contribution in [2.24, 2.45) is 5.92 Å².